The lowest BCUT2D eigenvalue weighted by atomic mass is 9.78. The first-order chi connectivity index (χ1) is 15.8. The van der Waals surface area contributed by atoms with Gasteiger partial charge in [-0.1, -0.05) is 13.8 Å². The maximum absolute atomic E-state index is 14.9. The van der Waals surface area contributed by atoms with Crippen molar-refractivity contribution >= 4 is 55.4 Å². The zero-order chi connectivity index (χ0) is 22.8. The summed E-state index contributed by atoms with van der Waals surface area (Å²) >= 11 is 0. The Hall–Kier alpha value is -3.87. The van der Waals surface area contributed by atoms with Gasteiger partial charge in [-0.25, -0.2) is 4.39 Å². The van der Waals surface area contributed by atoms with Crippen molar-refractivity contribution in [2.45, 2.75) is 32.2 Å². The number of nitrogens with zero attached hydrogens (tertiary/aromatic N) is 1. The largest absolute Gasteiger partial charge is 0.497 e. The molecule has 2 amide bonds. The number of aromatic amines is 1. The number of amides is 2. The number of methoxy groups -OCH3 is 1. The third kappa shape index (κ3) is 2.12. The van der Waals surface area contributed by atoms with E-state index in [1.165, 1.54) is 6.07 Å². The van der Waals surface area contributed by atoms with Gasteiger partial charge < -0.3 is 14.3 Å². The molecule has 7 heteroatoms. The first kappa shape index (κ1) is 18.7. The molecule has 0 bridgehead atoms. The summed E-state index contributed by atoms with van der Waals surface area (Å²) in [5, 5.41) is 5.34. The molecule has 5 aromatic rings. The van der Waals surface area contributed by atoms with Crippen LogP contribution in [0.4, 0.5) is 4.39 Å². The van der Waals surface area contributed by atoms with E-state index < -0.39 is 11.8 Å². The van der Waals surface area contributed by atoms with E-state index in [2.05, 4.69) is 28.7 Å². The topological polar surface area (TPSA) is 76.1 Å². The number of carbonyl (C=O) groups excluding carboxylic acids is 2. The number of imide groups is 1. The Bertz CT molecular complexity index is 1760. The molecule has 3 aromatic carbocycles. The van der Waals surface area contributed by atoms with Crippen LogP contribution >= 0.6 is 0 Å². The van der Waals surface area contributed by atoms with E-state index in [1.54, 1.807) is 13.2 Å². The number of halogens is 1. The number of hydrogen-bond acceptors (Lipinski definition) is 3. The number of aromatic nitrogens is 2. The summed E-state index contributed by atoms with van der Waals surface area (Å²) in [6, 6.07) is 8.73. The summed E-state index contributed by atoms with van der Waals surface area (Å²) in [5.74, 6) is -0.513. The van der Waals surface area contributed by atoms with Gasteiger partial charge in [-0.05, 0) is 41.7 Å². The van der Waals surface area contributed by atoms with E-state index in [-0.39, 0.29) is 11.2 Å². The van der Waals surface area contributed by atoms with E-state index in [4.69, 9.17) is 4.74 Å². The summed E-state index contributed by atoms with van der Waals surface area (Å²) in [6.07, 6.45) is 0.833. The van der Waals surface area contributed by atoms with Crippen LogP contribution in [0, 0.1) is 5.82 Å². The fourth-order valence-electron chi connectivity index (χ4n) is 5.91. The first-order valence-corrected chi connectivity index (χ1v) is 11.0. The summed E-state index contributed by atoms with van der Waals surface area (Å²) < 4.78 is 22.5. The Labute approximate surface area is 187 Å². The van der Waals surface area contributed by atoms with E-state index in [0.717, 1.165) is 46.0 Å². The quantitative estimate of drug-likeness (QED) is 0.354. The minimum atomic E-state index is -0.437. The number of carbonyl (C=O) groups is 2. The standard InChI is InChI=1S/C26H20FN3O3/c1-26(2)6-7-30-22-14(8-11(27)9-15(22)26)18-20-19(24(31)29-25(20)32)17-13-5-4-12(33-3)10-16(13)28-21(17)23(18)30/h4-5,8-10,28H,6-7H2,1-3H3,(H,29,31,32). The molecule has 2 N–H and O–H groups in total. The summed E-state index contributed by atoms with van der Waals surface area (Å²) in [6.45, 7) is 4.97. The Morgan fingerprint density at radius 3 is 2.52 bits per heavy atom. The van der Waals surface area contributed by atoms with Gasteiger partial charge in [0.25, 0.3) is 11.8 Å². The van der Waals surface area contributed by atoms with Crippen LogP contribution in [0.15, 0.2) is 30.3 Å². The molecule has 164 valence electrons. The second kappa shape index (κ2) is 5.73. The van der Waals surface area contributed by atoms with Crippen molar-refractivity contribution < 1.29 is 18.7 Å². The van der Waals surface area contributed by atoms with Gasteiger partial charge in [0.05, 0.1) is 40.3 Å². The number of rotatable bonds is 1. The lowest BCUT2D eigenvalue weighted by Crippen LogP contribution is -2.25. The smallest absolute Gasteiger partial charge is 0.259 e. The fraction of sp³-hybridized carbons (Fsp3) is 0.231. The van der Waals surface area contributed by atoms with E-state index in [0.29, 0.717) is 33.0 Å². The molecule has 2 aromatic heterocycles. The molecule has 0 radical (unpaired) electrons. The van der Waals surface area contributed by atoms with Crippen LogP contribution in [0.1, 0.15) is 46.5 Å². The van der Waals surface area contributed by atoms with Gasteiger partial charge in [0, 0.05) is 34.2 Å². The van der Waals surface area contributed by atoms with Gasteiger partial charge in [0.15, 0.2) is 0 Å². The van der Waals surface area contributed by atoms with Gasteiger partial charge in [-0.2, -0.15) is 0 Å². The van der Waals surface area contributed by atoms with Gasteiger partial charge in [-0.15, -0.1) is 0 Å². The van der Waals surface area contributed by atoms with Crippen molar-refractivity contribution in [3.8, 4) is 5.75 Å². The van der Waals surface area contributed by atoms with Crippen molar-refractivity contribution in [2.75, 3.05) is 7.11 Å². The molecule has 0 fully saturated rings. The molecule has 2 aliphatic heterocycles. The Balaban J connectivity index is 1.82. The predicted molar refractivity (Wildman–Crippen MR) is 125 cm³/mol. The average molecular weight is 441 g/mol. The van der Waals surface area contributed by atoms with Crippen molar-refractivity contribution in [3.63, 3.8) is 0 Å². The second-order valence-electron chi connectivity index (χ2n) is 9.68. The number of H-pyrrole nitrogens is 1. The molecule has 0 unspecified atom stereocenters. The van der Waals surface area contributed by atoms with Crippen LogP contribution in [-0.4, -0.2) is 28.5 Å². The minimum absolute atomic E-state index is 0.209. The van der Waals surface area contributed by atoms with Crippen molar-refractivity contribution in [1.82, 2.24) is 14.9 Å². The lowest BCUT2D eigenvalue weighted by Gasteiger charge is -2.32. The molecule has 4 heterocycles. The normalized spacial score (nSPS) is 16.8. The highest BCUT2D eigenvalue weighted by Crippen LogP contribution is 2.48. The number of ether oxygens (including phenoxy) is 1. The van der Waals surface area contributed by atoms with Gasteiger partial charge in [0.2, 0.25) is 0 Å². The second-order valence-corrected chi connectivity index (χ2v) is 9.68. The molecule has 0 aliphatic carbocycles. The van der Waals surface area contributed by atoms with Crippen molar-refractivity contribution in [3.05, 3.63) is 52.8 Å². The molecular weight excluding hydrogens is 421 g/mol. The molecule has 0 saturated heterocycles. The highest BCUT2D eigenvalue weighted by Gasteiger charge is 2.38. The summed E-state index contributed by atoms with van der Waals surface area (Å²) in [7, 11) is 1.60. The van der Waals surface area contributed by atoms with Crippen LogP contribution in [-0.2, 0) is 12.0 Å². The zero-order valence-corrected chi connectivity index (χ0v) is 18.4. The maximum atomic E-state index is 14.9. The Morgan fingerprint density at radius 2 is 1.76 bits per heavy atom. The Kier molecular flexibility index (Phi) is 3.24. The van der Waals surface area contributed by atoms with Gasteiger partial charge >= 0.3 is 0 Å². The number of hydrogen-bond donors (Lipinski definition) is 2. The van der Waals surface area contributed by atoms with Crippen LogP contribution < -0.4 is 10.1 Å². The van der Waals surface area contributed by atoms with Crippen molar-refractivity contribution in [1.29, 1.82) is 0 Å². The average Bonchev–Trinajstić information content (AvgIpc) is 3.40. The SMILES string of the molecule is COc1ccc2c(c1)[nH]c1c2c2c(c3c4cc(F)cc5c4n(c13)CCC5(C)C)C(=O)NC2=O. The van der Waals surface area contributed by atoms with E-state index in [1.807, 2.05) is 18.2 Å². The fourth-order valence-corrected chi connectivity index (χ4v) is 5.91. The Morgan fingerprint density at radius 1 is 1.00 bits per heavy atom. The molecule has 0 spiro atoms. The van der Waals surface area contributed by atoms with E-state index in [9.17, 15) is 14.0 Å². The number of nitrogens with one attached hydrogen (secondary N) is 2. The van der Waals surface area contributed by atoms with Crippen LogP contribution in [0.25, 0.3) is 43.6 Å². The summed E-state index contributed by atoms with van der Waals surface area (Å²) in [5.41, 5.74) is 4.75. The lowest BCUT2D eigenvalue weighted by molar-refractivity contribution is 0.0880. The number of aryl methyl sites for hydroxylation is 1. The highest BCUT2D eigenvalue weighted by molar-refractivity contribution is 6.39. The molecule has 2 aliphatic rings. The summed E-state index contributed by atoms with van der Waals surface area (Å²) in [4.78, 5) is 29.6. The first-order valence-electron chi connectivity index (χ1n) is 11.0. The molecular formula is C26H20FN3O3. The number of benzene rings is 3. The van der Waals surface area contributed by atoms with Gasteiger partial charge in [-0.3, -0.25) is 14.9 Å². The monoisotopic (exact) mass is 441 g/mol. The molecule has 33 heavy (non-hydrogen) atoms. The molecule has 7 rings (SSSR count). The minimum Gasteiger partial charge on any atom is -0.497 e. The predicted octanol–water partition coefficient (Wildman–Crippen LogP) is 5.14. The molecule has 6 nitrogen and oxygen atoms in total. The zero-order valence-electron chi connectivity index (χ0n) is 18.4. The van der Waals surface area contributed by atoms with Crippen LogP contribution in [0.2, 0.25) is 0 Å². The number of fused-ring (bicyclic) bond motifs is 10. The maximum Gasteiger partial charge on any atom is 0.259 e. The van der Waals surface area contributed by atoms with Crippen LogP contribution in [0.5, 0.6) is 5.75 Å². The van der Waals surface area contributed by atoms with Crippen molar-refractivity contribution in [2.24, 2.45) is 0 Å². The van der Waals surface area contributed by atoms with Gasteiger partial charge in [0.1, 0.15) is 11.6 Å². The third-order valence-electron chi connectivity index (χ3n) is 7.48. The molecule has 0 saturated carbocycles. The third-order valence-corrected chi connectivity index (χ3v) is 7.48. The van der Waals surface area contributed by atoms with E-state index >= 15 is 0 Å². The highest BCUT2D eigenvalue weighted by atomic mass is 19.1. The van der Waals surface area contributed by atoms with Crippen LogP contribution in [0.3, 0.4) is 0 Å². The molecule has 0 atom stereocenters.